The summed E-state index contributed by atoms with van der Waals surface area (Å²) in [5.74, 6) is -0.578. The van der Waals surface area contributed by atoms with E-state index in [4.69, 9.17) is 11.6 Å². The highest BCUT2D eigenvalue weighted by Crippen LogP contribution is 2.32. The van der Waals surface area contributed by atoms with Gasteiger partial charge in [-0.05, 0) is 40.5 Å². The van der Waals surface area contributed by atoms with E-state index < -0.39 is 11.5 Å². The van der Waals surface area contributed by atoms with Crippen molar-refractivity contribution in [3.8, 4) is 11.3 Å². The van der Waals surface area contributed by atoms with Crippen LogP contribution in [0.3, 0.4) is 0 Å². The summed E-state index contributed by atoms with van der Waals surface area (Å²) in [6.07, 6.45) is 1.39. The van der Waals surface area contributed by atoms with Crippen molar-refractivity contribution in [2.24, 2.45) is 0 Å². The molecule has 0 aliphatic rings. The van der Waals surface area contributed by atoms with E-state index in [-0.39, 0.29) is 10.6 Å². The van der Waals surface area contributed by atoms with Gasteiger partial charge in [0.25, 0.3) is 0 Å². The zero-order valence-corrected chi connectivity index (χ0v) is 11.1. The molecule has 2 rings (SSSR count). The highest BCUT2D eigenvalue weighted by atomic mass is 79.9. The van der Waals surface area contributed by atoms with Gasteiger partial charge in [0.2, 0.25) is 0 Å². The van der Waals surface area contributed by atoms with Crippen LogP contribution in [0, 0.1) is 12.7 Å². The molecule has 0 fully saturated rings. The maximum atomic E-state index is 14.0. The fraction of sp³-hybridized carbons (Fsp3) is 0.0909. The van der Waals surface area contributed by atoms with Crippen molar-refractivity contribution in [1.29, 1.82) is 0 Å². The van der Waals surface area contributed by atoms with Crippen LogP contribution in [-0.2, 0) is 0 Å². The number of hydrogen-bond acceptors (Lipinski definition) is 2. The first-order valence-electron chi connectivity index (χ1n) is 4.70. The molecule has 0 radical (unpaired) electrons. The molecule has 0 bridgehead atoms. The SMILES string of the molecule is Cc1cnc(=O)[nH]c1-c1ccc(Br)c(Cl)c1F. The van der Waals surface area contributed by atoms with E-state index in [0.717, 1.165) is 0 Å². The van der Waals surface area contributed by atoms with Gasteiger partial charge in [0, 0.05) is 16.2 Å². The lowest BCUT2D eigenvalue weighted by Crippen LogP contribution is -2.11. The topological polar surface area (TPSA) is 45.8 Å². The Bertz CT molecular complexity index is 642. The maximum Gasteiger partial charge on any atom is 0.345 e. The van der Waals surface area contributed by atoms with Crippen LogP contribution in [0.25, 0.3) is 11.3 Å². The number of aromatic amines is 1. The number of rotatable bonds is 1. The van der Waals surface area contributed by atoms with Crippen LogP contribution < -0.4 is 5.69 Å². The van der Waals surface area contributed by atoms with Crippen molar-refractivity contribution in [2.75, 3.05) is 0 Å². The summed E-state index contributed by atoms with van der Waals surface area (Å²) >= 11 is 8.92. The predicted molar refractivity (Wildman–Crippen MR) is 67.7 cm³/mol. The van der Waals surface area contributed by atoms with Gasteiger partial charge in [0.15, 0.2) is 5.82 Å². The molecule has 1 aromatic carbocycles. The fourth-order valence-electron chi connectivity index (χ4n) is 1.46. The lowest BCUT2D eigenvalue weighted by molar-refractivity contribution is 0.630. The van der Waals surface area contributed by atoms with E-state index in [9.17, 15) is 9.18 Å². The first-order chi connectivity index (χ1) is 8.00. The largest absolute Gasteiger partial charge is 0.345 e. The van der Waals surface area contributed by atoms with Crippen molar-refractivity contribution in [1.82, 2.24) is 9.97 Å². The fourth-order valence-corrected chi connectivity index (χ4v) is 1.93. The molecule has 1 heterocycles. The molecule has 6 heteroatoms. The number of hydrogen-bond donors (Lipinski definition) is 1. The van der Waals surface area contributed by atoms with Crippen molar-refractivity contribution >= 4 is 27.5 Å². The molecule has 0 spiro atoms. The quantitative estimate of drug-likeness (QED) is 0.820. The summed E-state index contributed by atoms with van der Waals surface area (Å²) in [7, 11) is 0. The first-order valence-corrected chi connectivity index (χ1v) is 5.87. The minimum Gasteiger partial charge on any atom is -0.305 e. The standard InChI is InChI=1S/C11H7BrClFN2O/c1-5-4-15-11(17)16-10(5)6-2-3-7(12)8(13)9(6)14/h2-4H,1H3,(H,15,16,17). The van der Waals surface area contributed by atoms with Crippen molar-refractivity contribution in [3.63, 3.8) is 0 Å². The Kier molecular flexibility index (Phi) is 3.31. The molecule has 0 saturated heterocycles. The molecule has 0 aliphatic heterocycles. The zero-order valence-electron chi connectivity index (χ0n) is 8.72. The molecule has 88 valence electrons. The Balaban J connectivity index is 2.73. The van der Waals surface area contributed by atoms with Gasteiger partial charge in [-0.25, -0.2) is 14.2 Å². The van der Waals surface area contributed by atoms with E-state index in [0.29, 0.717) is 15.7 Å². The maximum absolute atomic E-state index is 14.0. The predicted octanol–water partition coefficient (Wildman–Crippen LogP) is 3.30. The molecule has 2 aromatic rings. The average Bonchev–Trinajstić information content (AvgIpc) is 2.30. The second-order valence-electron chi connectivity index (χ2n) is 3.47. The van der Waals surface area contributed by atoms with E-state index in [1.165, 1.54) is 6.20 Å². The second kappa shape index (κ2) is 4.58. The van der Waals surface area contributed by atoms with Crippen LogP contribution in [0.4, 0.5) is 4.39 Å². The molecule has 0 saturated carbocycles. The van der Waals surface area contributed by atoms with E-state index in [2.05, 4.69) is 25.9 Å². The van der Waals surface area contributed by atoms with Gasteiger partial charge in [-0.1, -0.05) is 11.6 Å². The summed E-state index contributed by atoms with van der Waals surface area (Å²) in [5, 5.41) is -0.0143. The molecule has 0 atom stereocenters. The van der Waals surface area contributed by atoms with Crippen LogP contribution in [0.1, 0.15) is 5.56 Å². The minimum absolute atomic E-state index is 0.0143. The molecule has 3 nitrogen and oxygen atoms in total. The number of nitrogens with zero attached hydrogens (tertiary/aromatic N) is 1. The average molecular weight is 318 g/mol. The molecular formula is C11H7BrClFN2O. The van der Waals surface area contributed by atoms with E-state index in [1.54, 1.807) is 19.1 Å². The van der Waals surface area contributed by atoms with E-state index in [1.807, 2.05) is 0 Å². The number of aryl methyl sites for hydroxylation is 1. The molecule has 1 N–H and O–H groups in total. The van der Waals surface area contributed by atoms with Crippen LogP contribution in [0.15, 0.2) is 27.6 Å². The number of H-pyrrole nitrogens is 1. The molecular weight excluding hydrogens is 310 g/mol. The monoisotopic (exact) mass is 316 g/mol. The Hall–Kier alpha value is -1.20. The van der Waals surface area contributed by atoms with Gasteiger partial charge in [0.1, 0.15) is 0 Å². The van der Waals surface area contributed by atoms with Gasteiger partial charge in [-0.15, -0.1) is 0 Å². The second-order valence-corrected chi connectivity index (χ2v) is 4.70. The Labute approximate surface area is 110 Å². The Morgan fingerprint density at radius 1 is 1.47 bits per heavy atom. The van der Waals surface area contributed by atoms with Crippen LogP contribution in [0.2, 0.25) is 5.02 Å². The van der Waals surface area contributed by atoms with Crippen molar-refractivity contribution in [2.45, 2.75) is 6.92 Å². The van der Waals surface area contributed by atoms with Gasteiger partial charge in [-0.2, -0.15) is 0 Å². The number of halogens is 3. The first kappa shape index (κ1) is 12.3. The van der Waals surface area contributed by atoms with Gasteiger partial charge in [-0.3, -0.25) is 0 Å². The normalized spacial score (nSPS) is 10.6. The highest BCUT2D eigenvalue weighted by Gasteiger charge is 2.14. The van der Waals surface area contributed by atoms with Crippen LogP contribution in [-0.4, -0.2) is 9.97 Å². The third-order valence-electron chi connectivity index (χ3n) is 2.31. The third-order valence-corrected chi connectivity index (χ3v) is 3.56. The van der Waals surface area contributed by atoms with Gasteiger partial charge >= 0.3 is 5.69 Å². The van der Waals surface area contributed by atoms with Gasteiger partial charge in [0.05, 0.1) is 10.7 Å². The summed E-state index contributed by atoms with van der Waals surface area (Å²) in [4.78, 5) is 17.2. The van der Waals surface area contributed by atoms with Crippen molar-refractivity contribution < 1.29 is 4.39 Å². The highest BCUT2D eigenvalue weighted by molar-refractivity contribution is 9.10. The molecule has 17 heavy (non-hydrogen) atoms. The van der Waals surface area contributed by atoms with Crippen LogP contribution >= 0.6 is 27.5 Å². The zero-order chi connectivity index (χ0) is 12.6. The number of aromatic nitrogens is 2. The number of benzene rings is 1. The van der Waals surface area contributed by atoms with E-state index >= 15 is 0 Å². The smallest absolute Gasteiger partial charge is 0.305 e. The van der Waals surface area contributed by atoms with Crippen molar-refractivity contribution in [3.05, 3.63) is 49.7 Å². The summed E-state index contributed by atoms with van der Waals surface area (Å²) in [6.45, 7) is 1.73. The molecule has 0 aliphatic carbocycles. The lowest BCUT2D eigenvalue weighted by Gasteiger charge is -2.08. The summed E-state index contributed by atoms with van der Waals surface area (Å²) in [6, 6.07) is 3.17. The minimum atomic E-state index is -0.578. The molecule has 1 aromatic heterocycles. The van der Waals surface area contributed by atoms with Gasteiger partial charge < -0.3 is 4.98 Å². The Morgan fingerprint density at radius 3 is 2.88 bits per heavy atom. The lowest BCUT2D eigenvalue weighted by atomic mass is 10.1. The Morgan fingerprint density at radius 2 is 2.18 bits per heavy atom. The summed E-state index contributed by atoms with van der Waals surface area (Å²) < 4.78 is 14.4. The molecule has 0 amide bonds. The van der Waals surface area contributed by atoms with Crippen LogP contribution in [0.5, 0.6) is 0 Å². The number of nitrogens with one attached hydrogen (secondary N) is 1. The molecule has 0 unspecified atom stereocenters. The summed E-state index contributed by atoms with van der Waals surface area (Å²) in [5.41, 5.74) is 0.776. The third kappa shape index (κ3) is 2.25.